The van der Waals surface area contributed by atoms with Gasteiger partial charge in [0.2, 0.25) is 5.91 Å². The van der Waals surface area contributed by atoms with Crippen molar-refractivity contribution in [3.05, 3.63) is 35.4 Å². The molecule has 2 rings (SSSR count). The Labute approximate surface area is 159 Å². The molecule has 1 atom stereocenters. The Balaban J connectivity index is 0.000000480. The van der Waals surface area contributed by atoms with Crippen LogP contribution in [0.1, 0.15) is 24.0 Å². The quantitative estimate of drug-likeness (QED) is 0.651. The molecule has 1 amide bonds. The van der Waals surface area contributed by atoms with E-state index >= 15 is 0 Å². The van der Waals surface area contributed by atoms with Gasteiger partial charge in [-0.3, -0.25) is 9.59 Å². The molecule has 1 aromatic carbocycles. The van der Waals surface area contributed by atoms with E-state index in [1.807, 2.05) is 30.4 Å². The van der Waals surface area contributed by atoms with Crippen molar-refractivity contribution in [1.29, 1.82) is 0 Å². The van der Waals surface area contributed by atoms with Crippen LogP contribution in [-0.4, -0.2) is 42.8 Å². The molecule has 154 valence electrons. The molecule has 0 radical (unpaired) electrons. The molecule has 1 aromatic rings. The van der Waals surface area contributed by atoms with Crippen molar-refractivity contribution in [3.63, 3.8) is 0 Å². The third-order valence-corrected chi connectivity index (χ3v) is 3.76. The van der Waals surface area contributed by atoms with E-state index in [9.17, 15) is 22.8 Å². The number of nitrogens with one attached hydrogen (secondary N) is 1. The van der Waals surface area contributed by atoms with Gasteiger partial charge in [-0.05, 0) is 36.6 Å². The van der Waals surface area contributed by atoms with E-state index in [-0.39, 0.29) is 24.2 Å². The second kappa shape index (κ2) is 10.5. The van der Waals surface area contributed by atoms with Gasteiger partial charge in [-0.15, -0.1) is 0 Å². The Bertz CT molecular complexity index is 747. The highest BCUT2D eigenvalue weighted by Crippen LogP contribution is 2.28. The van der Waals surface area contributed by atoms with Crippen molar-refractivity contribution in [3.8, 4) is 0 Å². The van der Waals surface area contributed by atoms with Gasteiger partial charge >= 0.3 is 18.1 Å². The number of alkyl halides is 3. The number of esters is 1. The smallest absolute Gasteiger partial charge is 0.475 e. The number of hydrogen-bond acceptors (Lipinski definition) is 5. The fraction of sp³-hybridized carbons (Fsp3) is 0.389. The van der Waals surface area contributed by atoms with Crippen LogP contribution in [-0.2, 0) is 25.5 Å². The third kappa shape index (κ3) is 7.39. The number of ether oxygens (including phenoxy) is 1. The van der Waals surface area contributed by atoms with Crippen LogP contribution < -0.4 is 11.1 Å². The van der Waals surface area contributed by atoms with E-state index < -0.39 is 12.1 Å². The minimum atomic E-state index is -5.08. The second-order valence-corrected chi connectivity index (χ2v) is 5.87. The molecule has 0 saturated carbocycles. The van der Waals surface area contributed by atoms with E-state index in [0.717, 1.165) is 23.2 Å². The van der Waals surface area contributed by atoms with Crippen molar-refractivity contribution in [2.24, 2.45) is 11.7 Å². The van der Waals surface area contributed by atoms with Gasteiger partial charge in [0, 0.05) is 5.69 Å². The zero-order valence-electron chi connectivity index (χ0n) is 15.1. The van der Waals surface area contributed by atoms with Crippen molar-refractivity contribution < 1.29 is 37.4 Å². The first-order valence-corrected chi connectivity index (χ1v) is 8.25. The first kappa shape index (κ1) is 23.2. The zero-order chi connectivity index (χ0) is 21.3. The Hall–Kier alpha value is -2.88. The SMILES string of the molecule is COC(=O)CC1Cc2ccc(C=CCCN)cc2NC1=O.O=C(O)C(F)(F)F. The summed E-state index contributed by atoms with van der Waals surface area (Å²) in [5.74, 6) is -3.60. The van der Waals surface area contributed by atoms with E-state index in [1.165, 1.54) is 7.11 Å². The molecule has 7 nitrogen and oxygen atoms in total. The molecule has 1 aliphatic rings. The number of carboxylic acids is 1. The number of nitrogens with two attached hydrogens (primary N) is 1. The van der Waals surface area contributed by atoms with Gasteiger partial charge in [0.1, 0.15) is 0 Å². The van der Waals surface area contributed by atoms with Crippen molar-refractivity contribution >= 4 is 29.6 Å². The number of carbonyl (C=O) groups is 3. The Morgan fingerprint density at radius 2 is 2.04 bits per heavy atom. The van der Waals surface area contributed by atoms with Crippen LogP contribution in [0.4, 0.5) is 18.9 Å². The molecule has 0 bridgehead atoms. The van der Waals surface area contributed by atoms with Crippen molar-refractivity contribution in [2.75, 3.05) is 19.0 Å². The highest BCUT2D eigenvalue weighted by Gasteiger charge is 2.38. The largest absolute Gasteiger partial charge is 0.490 e. The number of anilines is 1. The van der Waals surface area contributed by atoms with Gasteiger partial charge in [-0.2, -0.15) is 13.2 Å². The van der Waals surface area contributed by atoms with Gasteiger partial charge in [-0.1, -0.05) is 24.3 Å². The summed E-state index contributed by atoms with van der Waals surface area (Å²) in [6.07, 6.45) is 0.403. The molecule has 28 heavy (non-hydrogen) atoms. The number of aliphatic carboxylic acids is 1. The van der Waals surface area contributed by atoms with Crippen molar-refractivity contribution in [1.82, 2.24) is 0 Å². The number of carboxylic acid groups (broad SMARTS) is 1. The molecule has 0 saturated heterocycles. The molecule has 1 heterocycles. The molecule has 0 aliphatic carbocycles. The number of methoxy groups -OCH3 is 1. The lowest BCUT2D eigenvalue weighted by molar-refractivity contribution is -0.192. The lowest BCUT2D eigenvalue weighted by Crippen LogP contribution is -2.31. The molecular formula is C18H21F3N2O5. The maximum atomic E-state index is 12.0. The molecule has 0 aromatic heterocycles. The topological polar surface area (TPSA) is 119 Å². The predicted molar refractivity (Wildman–Crippen MR) is 95.3 cm³/mol. The summed E-state index contributed by atoms with van der Waals surface area (Å²) in [7, 11) is 1.33. The fourth-order valence-corrected chi connectivity index (χ4v) is 2.35. The maximum Gasteiger partial charge on any atom is 0.490 e. The van der Waals surface area contributed by atoms with Crippen LogP contribution >= 0.6 is 0 Å². The molecule has 1 aliphatic heterocycles. The molecule has 1 unspecified atom stereocenters. The van der Waals surface area contributed by atoms with E-state index in [1.54, 1.807) is 0 Å². The molecule has 4 N–H and O–H groups in total. The fourth-order valence-electron chi connectivity index (χ4n) is 2.35. The standard InChI is InChI=1S/C16H20N2O3.C2HF3O2/c1-21-15(19)10-13-9-12-6-5-11(4-2-3-7-17)8-14(12)18-16(13)20;3-2(4,5)1(6)7/h2,4-6,8,13H,3,7,9-10,17H2,1H3,(H,18,20);(H,6,7). The van der Waals surface area contributed by atoms with E-state index in [4.69, 9.17) is 15.6 Å². The van der Waals surface area contributed by atoms with Gasteiger partial charge in [-0.25, -0.2) is 4.79 Å². The monoisotopic (exact) mass is 402 g/mol. The van der Waals surface area contributed by atoms with Gasteiger partial charge in [0.05, 0.1) is 19.4 Å². The van der Waals surface area contributed by atoms with Crippen molar-refractivity contribution in [2.45, 2.75) is 25.4 Å². The number of rotatable bonds is 5. The van der Waals surface area contributed by atoms with E-state index in [2.05, 4.69) is 10.1 Å². The summed E-state index contributed by atoms with van der Waals surface area (Å²) >= 11 is 0. The summed E-state index contributed by atoms with van der Waals surface area (Å²) in [6, 6.07) is 5.92. The number of fused-ring (bicyclic) bond motifs is 1. The molecule has 0 spiro atoms. The van der Waals surface area contributed by atoms with Crippen LogP contribution in [0.25, 0.3) is 6.08 Å². The Morgan fingerprint density at radius 3 is 2.57 bits per heavy atom. The summed E-state index contributed by atoms with van der Waals surface area (Å²) in [6.45, 7) is 0.618. The minimum absolute atomic E-state index is 0.111. The lowest BCUT2D eigenvalue weighted by Gasteiger charge is -2.24. The number of carbonyl (C=O) groups excluding carboxylic acids is 2. The summed E-state index contributed by atoms with van der Waals surface area (Å²) in [5, 5.41) is 9.99. The molecular weight excluding hydrogens is 381 g/mol. The van der Waals surface area contributed by atoms with Crippen LogP contribution in [0, 0.1) is 5.92 Å². The van der Waals surface area contributed by atoms with E-state index in [0.29, 0.717) is 13.0 Å². The average Bonchev–Trinajstić information content (AvgIpc) is 2.62. The number of amides is 1. The highest BCUT2D eigenvalue weighted by atomic mass is 19.4. The maximum absolute atomic E-state index is 12.0. The first-order valence-electron chi connectivity index (χ1n) is 8.25. The minimum Gasteiger partial charge on any atom is -0.475 e. The summed E-state index contributed by atoms with van der Waals surface area (Å²) < 4.78 is 36.4. The van der Waals surface area contributed by atoms with Gasteiger partial charge < -0.3 is 20.9 Å². The number of halogens is 3. The number of benzene rings is 1. The Morgan fingerprint density at radius 1 is 1.39 bits per heavy atom. The highest BCUT2D eigenvalue weighted by molar-refractivity contribution is 5.97. The third-order valence-electron chi connectivity index (χ3n) is 3.76. The zero-order valence-corrected chi connectivity index (χ0v) is 15.1. The van der Waals surface area contributed by atoms with Crippen LogP contribution in [0.15, 0.2) is 24.3 Å². The lowest BCUT2D eigenvalue weighted by atomic mass is 9.90. The van der Waals surface area contributed by atoms with Gasteiger partial charge in [0.15, 0.2) is 0 Å². The average molecular weight is 402 g/mol. The van der Waals surface area contributed by atoms with Crippen LogP contribution in [0.2, 0.25) is 0 Å². The van der Waals surface area contributed by atoms with Gasteiger partial charge in [0.25, 0.3) is 0 Å². The molecule has 10 heteroatoms. The normalized spacial score (nSPS) is 15.9. The van der Waals surface area contributed by atoms with Crippen LogP contribution in [0.5, 0.6) is 0 Å². The first-order chi connectivity index (χ1) is 13.1. The number of hydrogen-bond donors (Lipinski definition) is 3. The van der Waals surface area contributed by atoms with Crippen LogP contribution in [0.3, 0.4) is 0 Å². The predicted octanol–water partition coefficient (Wildman–Crippen LogP) is 2.36. The summed E-state index contributed by atoms with van der Waals surface area (Å²) in [4.78, 5) is 32.2. The second-order valence-electron chi connectivity index (χ2n) is 5.87. The summed E-state index contributed by atoms with van der Waals surface area (Å²) in [5.41, 5.74) is 8.32. The Kier molecular flexibility index (Phi) is 8.65. The molecule has 0 fully saturated rings.